The van der Waals surface area contributed by atoms with Crippen molar-refractivity contribution in [1.82, 2.24) is 10.2 Å². The second kappa shape index (κ2) is 7.13. The number of amides is 2. The molecule has 0 fully saturated rings. The number of benzene rings is 1. The first-order valence-electron chi connectivity index (χ1n) is 6.47. The zero-order valence-corrected chi connectivity index (χ0v) is 12.6. The van der Waals surface area contributed by atoms with Crippen LogP contribution in [-0.2, 0) is 11.3 Å². The molecule has 4 nitrogen and oxygen atoms in total. The predicted molar refractivity (Wildman–Crippen MR) is 79.5 cm³/mol. The van der Waals surface area contributed by atoms with Crippen LogP contribution in [-0.4, -0.2) is 30.3 Å². The minimum atomic E-state index is -0.706. The highest BCUT2D eigenvalue weighted by molar-refractivity contribution is 7.12. The van der Waals surface area contributed by atoms with Gasteiger partial charge in [-0.3, -0.25) is 9.59 Å². The van der Waals surface area contributed by atoms with Crippen molar-refractivity contribution >= 4 is 23.2 Å². The number of hydrogen-bond acceptors (Lipinski definition) is 3. The zero-order valence-electron chi connectivity index (χ0n) is 11.8. The summed E-state index contributed by atoms with van der Waals surface area (Å²) in [5, 5.41) is 4.27. The molecule has 0 aliphatic carbocycles. The molecule has 0 aliphatic heterocycles. The molecule has 2 amide bonds. The number of likely N-dealkylation sites (N-methyl/N-ethyl adjacent to an activating group) is 1. The van der Waals surface area contributed by atoms with E-state index in [2.05, 4.69) is 5.32 Å². The fourth-order valence-electron chi connectivity index (χ4n) is 1.78. The molecule has 116 valence electrons. The molecule has 7 heteroatoms. The van der Waals surface area contributed by atoms with Gasteiger partial charge in [0.05, 0.1) is 11.4 Å². The molecular weight excluding hydrogens is 310 g/mol. The van der Waals surface area contributed by atoms with Crippen LogP contribution in [0.5, 0.6) is 0 Å². The van der Waals surface area contributed by atoms with Crippen LogP contribution >= 0.6 is 11.3 Å². The van der Waals surface area contributed by atoms with Crippen LogP contribution in [0.4, 0.5) is 8.78 Å². The Morgan fingerprint density at radius 3 is 2.68 bits per heavy atom. The second-order valence-electron chi connectivity index (χ2n) is 4.65. The molecule has 1 aromatic heterocycles. The van der Waals surface area contributed by atoms with Gasteiger partial charge in [-0.2, -0.15) is 0 Å². The summed E-state index contributed by atoms with van der Waals surface area (Å²) in [4.78, 5) is 25.4. The van der Waals surface area contributed by atoms with Gasteiger partial charge in [-0.25, -0.2) is 8.78 Å². The minimum Gasteiger partial charge on any atom is -0.342 e. The average molecular weight is 324 g/mol. The molecule has 1 N–H and O–H groups in total. The van der Waals surface area contributed by atoms with E-state index in [9.17, 15) is 18.4 Å². The van der Waals surface area contributed by atoms with Crippen molar-refractivity contribution < 1.29 is 18.4 Å². The quantitative estimate of drug-likeness (QED) is 0.918. The fourth-order valence-corrected chi connectivity index (χ4v) is 2.42. The summed E-state index contributed by atoms with van der Waals surface area (Å²) < 4.78 is 26.3. The Balaban J connectivity index is 1.88. The topological polar surface area (TPSA) is 49.4 Å². The highest BCUT2D eigenvalue weighted by atomic mass is 32.1. The third kappa shape index (κ3) is 4.11. The van der Waals surface area contributed by atoms with E-state index >= 15 is 0 Å². The minimum absolute atomic E-state index is 0.000179. The van der Waals surface area contributed by atoms with E-state index in [1.807, 2.05) is 0 Å². The predicted octanol–water partition coefficient (Wildman–Crippen LogP) is 2.41. The SMILES string of the molecule is CN(Cc1ccc(F)cc1F)C(=O)CNC(=O)c1cccs1. The third-order valence-corrected chi connectivity index (χ3v) is 3.86. The molecule has 0 radical (unpaired) electrons. The number of hydrogen-bond donors (Lipinski definition) is 1. The largest absolute Gasteiger partial charge is 0.342 e. The Hall–Kier alpha value is -2.28. The number of thiophene rings is 1. The van der Waals surface area contributed by atoms with Gasteiger partial charge in [-0.05, 0) is 17.5 Å². The fraction of sp³-hybridized carbons (Fsp3) is 0.200. The smallest absolute Gasteiger partial charge is 0.261 e. The van der Waals surface area contributed by atoms with Crippen molar-refractivity contribution in [2.45, 2.75) is 6.54 Å². The average Bonchev–Trinajstić information content (AvgIpc) is 3.01. The lowest BCUT2D eigenvalue weighted by molar-refractivity contribution is -0.129. The van der Waals surface area contributed by atoms with E-state index in [4.69, 9.17) is 0 Å². The monoisotopic (exact) mass is 324 g/mol. The summed E-state index contributed by atoms with van der Waals surface area (Å²) in [6, 6.07) is 6.59. The molecule has 0 spiro atoms. The summed E-state index contributed by atoms with van der Waals surface area (Å²) in [5.41, 5.74) is 0.210. The van der Waals surface area contributed by atoms with Crippen LogP contribution in [0.1, 0.15) is 15.2 Å². The van der Waals surface area contributed by atoms with Gasteiger partial charge in [0.2, 0.25) is 5.91 Å². The number of halogens is 2. The molecule has 2 aromatic rings. The van der Waals surface area contributed by atoms with Gasteiger partial charge in [0.15, 0.2) is 0 Å². The summed E-state index contributed by atoms with van der Waals surface area (Å²) in [6.07, 6.45) is 0. The van der Waals surface area contributed by atoms with Crippen molar-refractivity contribution in [2.24, 2.45) is 0 Å². The van der Waals surface area contributed by atoms with Crippen molar-refractivity contribution in [1.29, 1.82) is 0 Å². The van der Waals surface area contributed by atoms with Crippen LogP contribution in [0.25, 0.3) is 0 Å². The van der Waals surface area contributed by atoms with Crippen LogP contribution in [0, 0.1) is 11.6 Å². The first kappa shape index (κ1) is 16.1. The lowest BCUT2D eigenvalue weighted by Gasteiger charge is -2.18. The van der Waals surface area contributed by atoms with Gasteiger partial charge in [0, 0.05) is 25.2 Å². The van der Waals surface area contributed by atoms with Gasteiger partial charge in [-0.1, -0.05) is 12.1 Å². The maximum absolute atomic E-state index is 13.5. The molecule has 0 saturated carbocycles. The highest BCUT2D eigenvalue weighted by Gasteiger charge is 2.14. The molecular formula is C15H14F2N2O2S. The van der Waals surface area contributed by atoms with Crippen molar-refractivity contribution in [3.05, 3.63) is 57.8 Å². The van der Waals surface area contributed by atoms with Gasteiger partial charge >= 0.3 is 0 Å². The molecule has 0 atom stereocenters. The summed E-state index contributed by atoms with van der Waals surface area (Å²) in [6.45, 7) is -0.185. The highest BCUT2D eigenvalue weighted by Crippen LogP contribution is 2.11. The summed E-state index contributed by atoms with van der Waals surface area (Å²) in [7, 11) is 1.49. The van der Waals surface area contributed by atoms with Gasteiger partial charge in [-0.15, -0.1) is 11.3 Å². The first-order valence-corrected chi connectivity index (χ1v) is 7.35. The number of rotatable bonds is 5. The normalized spacial score (nSPS) is 10.3. The molecule has 0 bridgehead atoms. The van der Waals surface area contributed by atoms with Gasteiger partial charge in [0.1, 0.15) is 11.6 Å². The second-order valence-corrected chi connectivity index (χ2v) is 5.59. The van der Waals surface area contributed by atoms with E-state index in [1.54, 1.807) is 17.5 Å². The van der Waals surface area contributed by atoms with Crippen molar-refractivity contribution in [3.63, 3.8) is 0 Å². The standard InChI is InChI=1S/C15H14F2N2O2S/c1-19(9-10-4-5-11(16)7-12(10)17)14(20)8-18-15(21)13-3-2-6-22-13/h2-7H,8-9H2,1H3,(H,18,21). The van der Waals surface area contributed by atoms with Crippen molar-refractivity contribution in [2.75, 3.05) is 13.6 Å². The molecule has 1 heterocycles. The lowest BCUT2D eigenvalue weighted by atomic mass is 10.2. The van der Waals surface area contributed by atoms with E-state index in [0.29, 0.717) is 4.88 Å². The Morgan fingerprint density at radius 2 is 2.05 bits per heavy atom. The Labute approximate surface area is 130 Å². The molecule has 0 unspecified atom stereocenters. The Bertz CT molecular complexity index is 674. The first-order chi connectivity index (χ1) is 10.5. The summed E-state index contributed by atoms with van der Waals surface area (Å²) in [5.74, 6) is -2.07. The number of carbonyl (C=O) groups is 2. The third-order valence-electron chi connectivity index (χ3n) is 2.99. The van der Waals surface area contributed by atoms with E-state index in [1.165, 1.54) is 29.4 Å². The number of nitrogens with one attached hydrogen (secondary N) is 1. The molecule has 0 aliphatic rings. The summed E-state index contributed by atoms with van der Waals surface area (Å²) >= 11 is 1.27. The Morgan fingerprint density at radius 1 is 1.27 bits per heavy atom. The van der Waals surface area contributed by atoms with E-state index in [0.717, 1.165) is 12.1 Å². The van der Waals surface area contributed by atoms with Crippen LogP contribution in [0.15, 0.2) is 35.7 Å². The van der Waals surface area contributed by atoms with Crippen LogP contribution in [0.2, 0.25) is 0 Å². The maximum atomic E-state index is 13.5. The number of nitrogens with zero attached hydrogens (tertiary/aromatic N) is 1. The van der Waals surface area contributed by atoms with Crippen LogP contribution in [0.3, 0.4) is 0 Å². The van der Waals surface area contributed by atoms with Crippen molar-refractivity contribution in [3.8, 4) is 0 Å². The zero-order chi connectivity index (χ0) is 16.1. The van der Waals surface area contributed by atoms with Gasteiger partial charge < -0.3 is 10.2 Å². The van der Waals surface area contributed by atoms with E-state index in [-0.39, 0.29) is 30.5 Å². The molecule has 2 rings (SSSR count). The van der Waals surface area contributed by atoms with E-state index < -0.39 is 11.6 Å². The lowest BCUT2D eigenvalue weighted by Crippen LogP contribution is -2.37. The molecule has 22 heavy (non-hydrogen) atoms. The Kier molecular flexibility index (Phi) is 5.21. The maximum Gasteiger partial charge on any atom is 0.261 e. The molecule has 0 saturated heterocycles. The van der Waals surface area contributed by atoms with Gasteiger partial charge in [0.25, 0.3) is 5.91 Å². The number of carbonyl (C=O) groups excluding carboxylic acids is 2. The van der Waals surface area contributed by atoms with Crippen LogP contribution < -0.4 is 5.32 Å². The molecule has 1 aromatic carbocycles.